The highest BCUT2D eigenvalue weighted by Gasteiger charge is 2.15. The molecule has 1 aromatic heterocycles. The Hall–Kier alpha value is -1.99. The van der Waals surface area contributed by atoms with E-state index in [1.807, 2.05) is 12.1 Å². The van der Waals surface area contributed by atoms with E-state index in [9.17, 15) is 8.42 Å². The normalized spacial score (nSPS) is 10.8. The van der Waals surface area contributed by atoms with Gasteiger partial charge < -0.3 is 10.1 Å². The number of anilines is 2. The lowest BCUT2D eigenvalue weighted by molar-refractivity contribution is 0.333. The minimum Gasteiger partial charge on any atom is -0.492 e. The van der Waals surface area contributed by atoms with Gasteiger partial charge in [-0.25, -0.2) is 8.42 Å². The van der Waals surface area contributed by atoms with Crippen molar-refractivity contribution in [1.29, 1.82) is 0 Å². The lowest BCUT2D eigenvalue weighted by Gasteiger charge is -2.12. The molecule has 0 saturated carbocycles. The van der Waals surface area contributed by atoms with E-state index >= 15 is 0 Å². The van der Waals surface area contributed by atoms with Gasteiger partial charge in [0.2, 0.25) is 10.0 Å². The number of hydrogen-bond donors (Lipinski definition) is 2. The molecule has 0 radical (unpaired) electrons. The van der Waals surface area contributed by atoms with Gasteiger partial charge in [-0.3, -0.25) is 9.71 Å². The van der Waals surface area contributed by atoms with Crippen LogP contribution in [0.4, 0.5) is 11.4 Å². The maximum Gasteiger partial charge on any atom is 0.235 e. The number of aromatic nitrogens is 1. The lowest BCUT2D eigenvalue weighted by Crippen LogP contribution is -2.22. The molecular weight excluding hydrogens is 350 g/mol. The Morgan fingerprint density at radius 2 is 1.83 bits per heavy atom. The first-order chi connectivity index (χ1) is 11.0. The fourth-order valence-corrected chi connectivity index (χ4v) is 2.46. The zero-order valence-corrected chi connectivity index (χ0v) is 15.2. The van der Waals surface area contributed by atoms with Crippen LogP contribution in [0.15, 0.2) is 48.8 Å². The standard InChI is InChI=1S/C16H21N3O3S.ClH/c1-13(2)23(20,21)19-15-4-3-5-16(12-15)22-11-10-18-14-6-8-17-9-7-14;/h3-9,12-13,19H,10-11H2,1-2H3,(H,17,18);1H. The number of halogens is 1. The van der Waals surface area contributed by atoms with Crippen LogP contribution >= 0.6 is 12.4 Å². The van der Waals surface area contributed by atoms with Crippen molar-refractivity contribution in [2.75, 3.05) is 23.2 Å². The molecule has 0 aliphatic heterocycles. The maximum absolute atomic E-state index is 11.9. The zero-order chi connectivity index (χ0) is 16.7. The molecule has 0 amide bonds. The molecule has 24 heavy (non-hydrogen) atoms. The van der Waals surface area contributed by atoms with Gasteiger partial charge in [-0.2, -0.15) is 0 Å². The van der Waals surface area contributed by atoms with Crippen LogP contribution in [0, 0.1) is 0 Å². The van der Waals surface area contributed by atoms with Crippen LogP contribution in [0.5, 0.6) is 5.75 Å². The van der Waals surface area contributed by atoms with Crippen LogP contribution in [0.2, 0.25) is 0 Å². The Morgan fingerprint density at radius 3 is 2.50 bits per heavy atom. The summed E-state index contributed by atoms with van der Waals surface area (Å²) in [5.41, 5.74) is 1.47. The first-order valence-corrected chi connectivity index (χ1v) is 8.90. The number of benzene rings is 1. The molecule has 0 aliphatic rings. The average Bonchev–Trinajstić information content (AvgIpc) is 2.52. The number of hydrogen-bond acceptors (Lipinski definition) is 5. The Kier molecular flexibility index (Phi) is 7.81. The van der Waals surface area contributed by atoms with E-state index in [-0.39, 0.29) is 12.4 Å². The summed E-state index contributed by atoms with van der Waals surface area (Å²) in [6.45, 7) is 4.36. The van der Waals surface area contributed by atoms with Crippen LogP contribution in [0.3, 0.4) is 0 Å². The van der Waals surface area contributed by atoms with Crippen molar-refractivity contribution in [2.24, 2.45) is 0 Å². The molecule has 0 unspecified atom stereocenters. The minimum atomic E-state index is -3.35. The molecule has 2 aromatic rings. The van der Waals surface area contributed by atoms with Crippen molar-refractivity contribution in [3.05, 3.63) is 48.8 Å². The van der Waals surface area contributed by atoms with Gasteiger partial charge in [0.25, 0.3) is 0 Å². The van der Waals surface area contributed by atoms with Gasteiger partial charge in [0, 0.05) is 30.7 Å². The molecule has 2 N–H and O–H groups in total. The Bertz CT molecular complexity index is 724. The lowest BCUT2D eigenvalue weighted by atomic mass is 10.3. The Labute approximate surface area is 149 Å². The quantitative estimate of drug-likeness (QED) is 0.697. The van der Waals surface area contributed by atoms with Gasteiger partial charge in [-0.05, 0) is 38.1 Å². The van der Waals surface area contributed by atoms with Crippen LogP contribution in [0.25, 0.3) is 0 Å². The number of nitrogens with zero attached hydrogens (tertiary/aromatic N) is 1. The summed E-state index contributed by atoms with van der Waals surface area (Å²) in [5.74, 6) is 0.616. The summed E-state index contributed by atoms with van der Waals surface area (Å²) >= 11 is 0. The molecule has 6 nitrogen and oxygen atoms in total. The molecule has 1 heterocycles. The molecule has 0 aliphatic carbocycles. The van der Waals surface area contributed by atoms with Crippen molar-refractivity contribution >= 4 is 33.8 Å². The second-order valence-electron chi connectivity index (χ2n) is 5.23. The van der Waals surface area contributed by atoms with Crippen LogP contribution in [0.1, 0.15) is 13.8 Å². The summed E-state index contributed by atoms with van der Waals surface area (Å²) in [7, 11) is -3.35. The topological polar surface area (TPSA) is 80.3 Å². The van der Waals surface area contributed by atoms with Gasteiger partial charge in [0.1, 0.15) is 12.4 Å². The zero-order valence-electron chi connectivity index (χ0n) is 13.6. The largest absolute Gasteiger partial charge is 0.492 e. The van der Waals surface area contributed by atoms with Gasteiger partial charge in [-0.1, -0.05) is 6.07 Å². The molecule has 0 saturated heterocycles. The fourth-order valence-electron chi connectivity index (χ4n) is 1.77. The predicted octanol–water partition coefficient (Wildman–Crippen LogP) is 3.14. The van der Waals surface area contributed by atoms with E-state index in [0.29, 0.717) is 24.6 Å². The number of nitrogens with one attached hydrogen (secondary N) is 2. The third-order valence-corrected chi connectivity index (χ3v) is 4.86. The van der Waals surface area contributed by atoms with Crippen molar-refractivity contribution < 1.29 is 13.2 Å². The van der Waals surface area contributed by atoms with E-state index in [1.165, 1.54) is 0 Å². The van der Waals surface area contributed by atoms with Crippen LogP contribution < -0.4 is 14.8 Å². The van der Waals surface area contributed by atoms with E-state index in [1.54, 1.807) is 50.5 Å². The van der Waals surface area contributed by atoms with Crippen LogP contribution in [-0.4, -0.2) is 31.8 Å². The first-order valence-electron chi connectivity index (χ1n) is 7.36. The van der Waals surface area contributed by atoms with Crippen LogP contribution in [-0.2, 0) is 10.0 Å². The molecular formula is C16H22ClN3O3S. The monoisotopic (exact) mass is 371 g/mol. The molecule has 132 valence electrons. The van der Waals surface area contributed by atoms with Gasteiger partial charge in [-0.15, -0.1) is 12.4 Å². The first kappa shape index (κ1) is 20.1. The Morgan fingerprint density at radius 1 is 1.12 bits per heavy atom. The highest BCUT2D eigenvalue weighted by Crippen LogP contribution is 2.19. The minimum absolute atomic E-state index is 0. The molecule has 0 spiro atoms. The second kappa shape index (κ2) is 9.34. The molecule has 2 rings (SSSR count). The number of sulfonamides is 1. The van der Waals surface area contributed by atoms with Crippen molar-refractivity contribution in [1.82, 2.24) is 4.98 Å². The maximum atomic E-state index is 11.9. The number of pyridine rings is 1. The second-order valence-corrected chi connectivity index (χ2v) is 7.47. The summed E-state index contributed by atoms with van der Waals surface area (Å²) in [5, 5.41) is 2.72. The highest BCUT2D eigenvalue weighted by molar-refractivity contribution is 7.93. The van der Waals surface area contributed by atoms with E-state index in [2.05, 4.69) is 15.0 Å². The van der Waals surface area contributed by atoms with Crippen molar-refractivity contribution in [2.45, 2.75) is 19.1 Å². The van der Waals surface area contributed by atoms with E-state index < -0.39 is 15.3 Å². The van der Waals surface area contributed by atoms with Crippen molar-refractivity contribution in [3.8, 4) is 5.75 Å². The van der Waals surface area contributed by atoms with E-state index in [0.717, 1.165) is 5.69 Å². The summed E-state index contributed by atoms with van der Waals surface area (Å²) in [4.78, 5) is 3.95. The third kappa shape index (κ3) is 6.25. The molecule has 0 atom stereocenters. The highest BCUT2D eigenvalue weighted by atomic mass is 35.5. The predicted molar refractivity (Wildman–Crippen MR) is 99.6 cm³/mol. The summed E-state index contributed by atoms with van der Waals surface area (Å²) in [6.07, 6.45) is 3.43. The molecule has 1 aromatic carbocycles. The van der Waals surface area contributed by atoms with Crippen molar-refractivity contribution in [3.63, 3.8) is 0 Å². The van der Waals surface area contributed by atoms with Gasteiger partial charge in [0.05, 0.1) is 10.9 Å². The molecule has 0 bridgehead atoms. The number of rotatable bonds is 8. The average molecular weight is 372 g/mol. The molecule has 8 heteroatoms. The SMILES string of the molecule is CC(C)S(=O)(=O)Nc1cccc(OCCNc2ccncc2)c1.Cl. The van der Waals surface area contributed by atoms with Gasteiger partial charge in [0.15, 0.2) is 0 Å². The summed E-state index contributed by atoms with van der Waals surface area (Å²) in [6, 6.07) is 10.7. The molecule has 0 fully saturated rings. The summed E-state index contributed by atoms with van der Waals surface area (Å²) < 4.78 is 31.9. The fraction of sp³-hybridized carbons (Fsp3) is 0.312. The smallest absolute Gasteiger partial charge is 0.235 e. The van der Waals surface area contributed by atoms with Gasteiger partial charge >= 0.3 is 0 Å². The third-order valence-electron chi connectivity index (χ3n) is 3.09. The Balaban J connectivity index is 0.00000288. The van der Waals surface area contributed by atoms with E-state index in [4.69, 9.17) is 4.74 Å². The number of ether oxygens (including phenoxy) is 1.